The number of amides is 1. The fourth-order valence-corrected chi connectivity index (χ4v) is 3.19. The fourth-order valence-electron chi connectivity index (χ4n) is 2.03. The van der Waals surface area contributed by atoms with Gasteiger partial charge in [0.05, 0.1) is 17.1 Å². The van der Waals surface area contributed by atoms with Gasteiger partial charge in [0.2, 0.25) is 10.0 Å². The van der Waals surface area contributed by atoms with Crippen molar-refractivity contribution in [1.82, 2.24) is 15.6 Å². The van der Waals surface area contributed by atoms with Gasteiger partial charge in [-0.05, 0) is 38.0 Å². The first-order valence-electron chi connectivity index (χ1n) is 8.36. The maximum Gasteiger partial charge on any atom is 0.273 e. The number of rotatable bonds is 11. The van der Waals surface area contributed by atoms with Gasteiger partial charge >= 0.3 is 0 Å². The minimum atomic E-state index is -3.67. The lowest BCUT2D eigenvalue weighted by Crippen LogP contribution is -2.36. The third-order valence-electron chi connectivity index (χ3n) is 3.25. The Morgan fingerprint density at radius 3 is 2.48 bits per heavy atom. The largest absolute Gasteiger partial charge is 0.493 e. The smallest absolute Gasteiger partial charge is 0.273 e. The monoisotopic (exact) mass is 369 g/mol. The topological polar surface area (TPSA) is 96.5 Å². The zero-order chi connectivity index (χ0) is 18.9. The molecule has 0 saturated carbocycles. The highest BCUT2D eigenvalue weighted by molar-refractivity contribution is 7.89. The van der Waals surface area contributed by atoms with Crippen LogP contribution in [0.5, 0.6) is 5.75 Å². The molecule has 3 N–H and O–H groups in total. The Morgan fingerprint density at radius 1 is 1.16 bits per heavy atom. The normalized spacial score (nSPS) is 11.0. The van der Waals surface area contributed by atoms with Gasteiger partial charge in [-0.3, -0.25) is 10.2 Å². The van der Waals surface area contributed by atoms with Gasteiger partial charge in [-0.1, -0.05) is 26.8 Å². The molecule has 8 heteroatoms. The van der Waals surface area contributed by atoms with E-state index in [-0.39, 0.29) is 10.5 Å². The Kier molecular flexibility index (Phi) is 8.44. The van der Waals surface area contributed by atoms with Crippen LogP contribution in [0.4, 0.5) is 0 Å². The summed E-state index contributed by atoms with van der Waals surface area (Å²) >= 11 is 0. The number of hydrogen-bond donors (Lipinski definition) is 3. The molecule has 0 aliphatic heterocycles. The number of carbonyl (C=O) groups excluding carboxylic acids is 1. The number of ether oxygens (including phenoxy) is 1. The Bertz CT molecular complexity index is 702. The van der Waals surface area contributed by atoms with Gasteiger partial charge in [-0.15, -0.1) is 0 Å². The van der Waals surface area contributed by atoms with Crippen molar-refractivity contribution < 1.29 is 17.9 Å². The molecule has 25 heavy (non-hydrogen) atoms. The van der Waals surface area contributed by atoms with Crippen LogP contribution in [0.1, 0.15) is 50.4 Å². The van der Waals surface area contributed by atoms with Crippen LogP contribution >= 0.6 is 0 Å². The molecule has 140 valence electrons. The summed E-state index contributed by atoms with van der Waals surface area (Å²) < 4.78 is 32.5. The molecule has 1 rings (SSSR count). The van der Waals surface area contributed by atoms with E-state index in [2.05, 4.69) is 22.2 Å². The van der Waals surface area contributed by atoms with E-state index in [0.717, 1.165) is 6.42 Å². The summed E-state index contributed by atoms with van der Waals surface area (Å²) in [6.07, 6.45) is 2.28. The van der Waals surface area contributed by atoms with Crippen LogP contribution in [0.15, 0.2) is 35.4 Å². The molecule has 0 unspecified atom stereocenters. The van der Waals surface area contributed by atoms with Gasteiger partial charge in [0.15, 0.2) is 0 Å². The number of benzene rings is 1. The first-order chi connectivity index (χ1) is 11.9. The van der Waals surface area contributed by atoms with Gasteiger partial charge in [-0.2, -0.15) is 0 Å². The van der Waals surface area contributed by atoms with E-state index in [9.17, 15) is 13.2 Å². The number of carbonyl (C=O) groups is 1. The third-order valence-corrected chi connectivity index (χ3v) is 4.71. The minimum Gasteiger partial charge on any atom is -0.493 e. The molecule has 0 aromatic heterocycles. The Hall–Kier alpha value is -2.06. The van der Waals surface area contributed by atoms with Gasteiger partial charge in [0.25, 0.3) is 5.91 Å². The average Bonchev–Trinajstić information content (AvgIpc) is 2.58. The molecule has 1 aromatic carbocycles. The molecule has 0 bridgehead atoms. The molecule has 1 aromatic rings. The molecular formula is C17H27N3O4S. The second-order valence-electron chi connectivity index (χ2n) is 5.42. The summed E-state index contributed by atoms with van der Waals surface area (Å²) in [4.78, 5) is 12.4. The second kappa shape index (κ2) is 10.0. The van der Waals surface area contributed by atoms with E-state index in [0.29, 0.717) is 37.4 Å². The lowest BCUT2D eigenvalue weighted by Gasteiger charge is -2.14. The van der Waals surface area contributed by atoms with E-state index in [1.165, 1.54) is 18.2 Å². The van der Waals surface area contributed by atoms with Crippen molar-refractivity contribution in [2.45, 2.75) is 44.9 Å². The number of allylic oxidation sites excluding steroid dienone is 1. The van der Waals surface area contributed by atoms with Gasteiger partial charge in [0, 0.05) is 12.2 Å². The Balaban J connectivity index is 3.07. The van der Waals surface area contributed by atoms with Crippen molar-refractivity contribution in [3.63, 3.8) is 0 Å². The number of sulfonamides is 1. The number of hydrogen-bond acceptors (Lipinski definition) is 5. The maximum absolute atomic E-state index is 12.4. The zero-order valence-corrected chi connectivity index (χ0v) is 15.8. The average molecular weight is 369 g/mol. The fraction of sp³-hybridized carbons (Fsp3) is 0.471. The molecule has 0 saturated heterocycles. The Labute approximate surface area is 149 Å². The predicted octanol–water partition coefficient (Wildman–Crippen LogP) is 2.32. The van der Waals surface area contributed by atoms with Crippen LogP contribution in [-0.2, 0) is 10.0 Å². The minimum absolute atomic E-state index is 0.0157. The standard InChI is InChI=1S/C17H27N3O4S/c1-5-8-13(4)19-20-17(21)15-12-14(9-10-16(15)24-7-3)25(22,23)18-11-6-2/h9-10,12,18-19H,4-8,11H2,1-3H3,(H,20,21). The summed E-state index contributed by atoms with van der Waals surface area (Å²) in [6.45, 7) is 10.1. The highest BCUT2D eigenvalue weighted by atomic mass is 32.2. The molecule has 0 fully saturated rings. The van der Waals surface area contributed by atoms with Gasteiger partial charge < -0.3 is 10.2 Å². The maximum atomic E-state index is 12.4. The number of hydrazine groups is 1. The van der Waals surface area contributed by atoms with Gasteiger partial charge in [-0.25, -0.2) is 13.1 Å². The molecule has 0 aliphatic carbocycles. The van der Waals surface area contributed by atoms with Gasteiger partial charge in [0.1, 0.15) is 5.75 Å². The Morgan fingerprint density at radius 2 is 1.88 bits per heavy atom. The predicted molar refractivity (Wildman–Crippen MR) is 97.7 cm³/mol. The molecule has 0 spiro atoms. The van der Waals surface area contributed by atoms with Crippen LogP contribution in [0.2, 0.25) is 0 Å². The molecule has 7 nitrogen and oxygen atoms in total. The van der Waals surface area contributed by atoms with Crippen LogP contribution in [0, 0.1) is 0 Å². The van der Waals surface area contributed by atoms with Crippen molar-refractivity contribution >= 4 is 15.9 Å². The second-order valence-corrected chi connectivity index (χ2v) is 7.19. The lowest BCUT2D eigenvalue weighted by molar-refractivity contribution is 0.0934. The first kappa shape index (κ1) is 21.0. The van der Waals surface area contributed by atoms with Crippen molar-refractivity contribution in [1.29, 1.82) is 0 Å². The first-order valence-corrected chi connectivity index (χ1v) is 9.84. The quantitative estimate of drug-likeness (QED) is 0.520. The van der Waals surface area contributed by atoms with Crippen LogP contribution in [0.3, 0.4) is 0 Å². The molecule has 0 atom stereocenters. The zero-order valence-electron chi connectivity index (χ0n) is 15.0. The lowest BCUT2D eigenvalue weighted by atomic mass is 10.2. The van der Waals surface area contributed by atoms with E-state index in [1.807, 2.05) is 13.8 Å². The van der Waals surface area contributed by atoms with Crippen LogP contribution < -0.4 is 20.3 Å². The van der Waals surface area contributed by atoms with Crippen molar-refractivity contribution in [2.75, 3.05) is 13.2 Å². The number of nitrogens with one attached hydrogen (secondary N) is 3. The SMILES string of the molecule is C=C(CCC)NNC(=O)c1cc(S(=O)(=O)NCCC)ccc1OCC. The molecule has 0 aliphatic rings. The van der Waals surface area contributed by atoms with Crippen molar-refractivity contribution in [3.05, 3.63) is 36.0 Å². The van der Waals surface area contributed by atoms with E-state index in [4.69, 9.17) is 4.74 Å². The summed E-state index contributed by atoms with van der Waals surface area (Å²) in [5.74, 6) is -0.175. The summed E-state index contributed by atoms with van der Waals surface area (Å²) in [5, 5.41) is 0. The summed E-state index contributed by atoms with van der Waals surface area (Å²) in [6, 6.07) is 4.21. The van der Waals surface area contributed by atoms with Crippen LogP contribution in [0.25, 0.3) is 0 Å². The highest BCUT2D eigenvalue weighted by Gasteiger charge is 2.19. The summed E-state index contributed by atoms with van der Waals surface area (Å²) in [7, 11) is -3.67. The van der Waals surface area contributed by atoms with Crippen LogP contribution in [-0.4, -0.2) is 27.5 Å². The third kappa shape index (κ3) is 6.39. The molecular weight excluding hydrogens is 342 g/mol. The molecule has 1 amide bonds. The van der Waals surface area contributed by atoms with Crippen molar-refractivity contribution in [2.24, 2.45) is 0 Å². The van der Waals surface area contributed by atoms with E-state index >= 15 is 0 Å². The molecule has 0 radical (unpaired) electrons. The van der Waals surface area contributed by atoms with Crippen molar-refractivity contribution in [3.8, 4) is 5.75 Å². The summed E-state index contributed by atoms with van der Waals surface area (Å²) in [5.41, 5.74) is 6.06. The van der Waals surface area contributed by atoms with E-state index < -0.39 is 15.9 Å². The highest BCUT2D eigenvalue weighted by Crippen LogP contribution is 2.23. The van der Waals surface area contributed by atoms with E-state index in [1.54, 1.807) is 6.92 Å². The molecule has 0 heterocycles.